The summed E-state index contributed by atoms with van der Waals surface area (Å²) in [5, 5.41) is 4.82. The molecule has 0 heterocycles. The Morgan fingerprint density at radius 1 is 1.03 bits per heavy atom. The highest BCUT2D eigenvalue weighted by molar-refractivity contribution is 5.99. The minimum absolute atomic E-state index is 0.200. The second kappa shape index (κ2) is 9.71. The van der Waals surface area contributed by atoms with Crippen LogP contribution in [0.5, 0.6) is 5.75 Å². The van der Waals surface area contributed by atoms with Gasteiger partial charge in [0.2, 0.25) is 0 Å². The Morgan fingerprint density at radius 3 is 2.32 bits per heavy atom. The number of nitrogens with one attached hydrogen (secondary N) is 1. The highest BCUT2D eigenvalue weighted by Gasteiger charge is 2.30. The van der Waals surface area contributed by atoms with Gasteiger partial charge in [-0.3, -0.25) is 9.59 Å². The van der Waals surface area contributed by atoms with E-state index in [-0.39, 0.29) is 30.4 Å². The van der Waals surface area contributed by atoms with E-state index in [9.17, 15) is 9.59 Å². The molecule has 1 unspecified atom stereocenters. The molecule has 1 aliphatic rings. The molecule has 0 aliphatic heterocycles. The van der Waals surface area contributed by atoms with Gasteiger partial charge in [0.1, 0.15) is 5.75 Å². The summed E-state index contributed by atoms with van der Waals surface area (Å²) < 4.78 is 11.0. The third-order valence-electron chi connectivity index (χ3n) is 6.45. The van der Waals surface area contributed by atoms with Gasteiger partial charge >= 0.3 is 5.97 Å². The number of carbonyl (C=O) groups is 2. The number of ether oxygens (including phenoxy) is 2. The van der Waals surface area contributed by atoms with Crippen LogP contribution in [0.4, 0.5) is 0 Å². The Labute approximate surface area is 185 Å². The average molecular weight is 426 g/mol. The second-order valence-electron chi connectivity index (χ2n) is 9.82. The highest BCUT2D eigenvalue weighted by atomic mass is 16.5. The van der Waals surface area contributed by atoms with Gasteiger partial charge in [0, 0.05) is 12.1 Å². The first-order chi connectivity index (χ1) is 14.7. The maximum atomic E-state index is 12.4. The molecule has 1 amide bonds. The molecule has 3 rings (SSSR count). The van der Waals surface area contributed by atoms with E-state index in [1.54, 1.807) is 13.0 Å². The number of benzene rings is 2. The van der Waals surface area contributed by atoms with Gasteiger partial charge in [-0.2, -0.15) is 0 Å². The zero-order valence-corrected chi connectivity index (χ0v) is 19.4. The van der Waals surface area contributed by atoms with Crippen molar-refractivity contribution in [1.29, 1.82) is 0 Å². The molecule has 5 heteroatoms. The minimum Gasteiger partial charge on any atom is -0.490 e. The molecule has 168 valence electrons. The molecule has 2 aromatic rings. The zero-order valence-electron chi connectivity index (χ0n) is 19.4. The lowest BCUT2D eigenvalue weighted by Crippen LogP contribution is -2.32. The van der Waals surface area contributed by atoms with E-state index in [1.807, 2.05) is 30.3 Å². The van der Waals surface area contributed by atoms with Gasteiger partial charge in [-0.15, -0.1) is 0 Å². The van der Waals surface area contributed by atoms with E-state index in [1.165, 1.54) is 20.0 Å². The molecule has 5 nitrogen and oxygen atoms in total. The van der Waals surface area contributed by atoms with Crippen LogP contribution in [-0.2, 0) is 9.53 Å². The molecule has 0 saturated heterocycles. The maximum absolute atomic E-state index is 12.4. The first-order valence-corrected chi connectivity index (χ1v) is 11.2. The summed E-state index contributed by atoms with van der Waals surface area (Å²) in [5.41, 5.74) is 0.939. The van der Waals surface area contributed by atoms with Crippen LogP contribution >= 0.6 is 0 Å². The van der Waals surface area contributed by atoms with Gasteiger partial charge in [0.25, 0.3) is 5.91 Å². The van der Waals surface area contributed by atoms with E-state index < -0.39 is 0 Å². The molecule has 31 heavy (non-hydrogen) atoms. The molecule has 0 aromatic heterocycles. The Kier molecular flexibility index (Phi) is 7.24. The Hall–Kier alpha value is -2.56. The molecule has 1 aliphatic carbocycles. The Bertz CT molecular complexity index is 923. The predicted molar refractivity (Wildman–Crippen MR) is 123 cm³/mol. The van der Waals surface area contributed by atoms with E-state index in [4.69, 9.17) is 9.47 Å². The minimum atomic E-state index is -0.382. The van der Waals surface area contributed by atoms with Crippen LogP contribution in [-0.4, -0.2) is 31.6 Å². The van der Waals surface area contributed by atoms with Crippen molar-refractivity contribution >= 4 is 22.6 Å². The van der Waals surface area contributed by atoms with Crippen LogP contribution in [0, 0.1) is 17.3 Å². The Morgan fingerprint density at radius 2 is 1.68 bits per heavy atom. The molecular formula is C26H35NO4. The van der Waals surface area contributed by atoms with Crippen molar-refractivity contribution in [3.05, 3.63) is 42.0 Å². The van der Waals surface area contributed by atoms with Gasteiger partial charge in [0.05, 0.1) is 19.1 Å². The summed E-state index contributed by atoms with van der Waals surface area (Å²) in [6.45, 7) is 8.96. The van der Waals surface area contributed by atoms with E-state index >= 15 is 0 Å². The molecule has 1 saturated carbocycles. The maximum Gasteiger partial charge on any atom is 0.310 e. The largest absolute Gasteiger partial charge is 0.490 e. The first-order valence-electron chi connectivity index (χ1n) is 11.2. The van der Waals surface area contributed by atoms with Gasteiger partial charge in [0.15, 0.2) is 0 Å². The number of hydrogen-bond donors (Lipinski definition) is 1. The van der Waals surface area contributed by atoms with Crippen LogP contribution in [0.2, 0.25) is 0 Å². The van der Waals surface area contributed by atoms with Crippen LogP contribution in [0.15, 0.2) is 36.4 Å². The number of esters is 1. The fourth-order valence-corrected chi connectivity index (χ4v) is 4.31. The number of carbonyl (C=O) groups excluding carboxylic acids is 2. The van der Waals surface area contributed by atoms with Gasteiger partial charge < -0.3 is 14.8 Å². The van der Waals surface area contributed by atoms with Gasteiger partial charge in [-0.25, -0.2) is 0 Å². The lowest BCUT2D eigenvalue weighted by Gasteiger charge is -2.37. The number of amides is 1. The van der Waals surface area contributed by atoms with Crippen LogP contribution < -0.4 is 10.1 Å². The summed E-state index contributed by atoms with van der Waals surface area (Å²) in [7, 11) is 1.35. The van der Waals surface area contributed by atoms with Crippen molar-refractivity contribution < 1.29 is 19.1 Å². The predicted octanol–water partition coefficient (Wildman–Crippen LogP) is 5.36. The van der Waals surface area contributed by atoms with E-state index in [0.717, 1.165) is 35.3 Å². The standard InChI is InChI=1S/C26H35NO4/c1-17(25(29)30-5)16-27-24(28)20-7-6-19-15-23(11-8-18(19)14-20)31-22-12-9-21(10-13-22)26(2,3)4/h6-8,11,14-15,17,21-22H,9-10,12-13,16H2,1-5H3,(H,27,28). The fourth-order valence-electron chi connectivity index (χ4n) is 4.31. The summed E-state index contributed by atoms with van der Waals surface area (Å²) in [6.07, 6.45) is 4.91. The topological polar surface area (TPSA) is 64.6 Å². The SMILES string of the molecule is COC(=O)C(C)CNC(=O)c1ccc2cc(OC3CCC(C(C)(C)C)CC3)ccc2c1. The van der Waals surface area contributed by atoms with Gasteiger partial charge in [-0.1, -0.05) is 39.8 Å². The lowest BCUT2D eigenvalue weighted by molar-refractivity contribution is -0.144. The van der Waals surface area contributed by atoms with Crippen molar-refractivity contribution in [3.8, 4) is 5.75 Å². The molecule has 1 fully saturated rings. The third-order valence-corrected chi connectivity index (χ3v) is 6.45. The van der Waals surface area contributed by atoms with Crippen molar-refractivity contribution in [2.24, 2.45) is 17.3 Å². The van der Waals surface area contributed by atoms with Crippen LogP contribution in [0.1, 0.15) is 63.7 Å². The van der Waals surface area contributed by atoms with Gasteiger partial charge in [-0.05, 0) is 72.1 Å². The highest BCUT2D eigenvalue weighted by Crippen LogP contribution is 2.39. The molecule has 1 atom stereocenters. The first kappa shape index (κ1) is 23.1. The molecule has 0 radical (unpaired) electrons. The summed E-state index contributed by atoms with van der Waals surface area (Å²) in [5.74, 6) is 0.735. The monoisotopic (exact) mass is 425 g/mol. The third kappa shape index (κ3) is 5.99. The summed E-state index contributed by atoms with van der Waals surface area (Å²) in [4.78, 5) is 23.9. The van der Waals surface area contributed by atoms with Crippen molar-refractivity contribution in [2.45, 2.75) is 59.5 Å². The van der Waals surface area contributed by atoms with E-state index in [0.29, 0.717) is 11.0 Å². The Balaban J connectivity index is 1.60. The van der Waals surface area contributed by atoms with Crippen LogP contribution in [0.25, 0.3) is 10.8 Å². The van der Waals surface area contributed by atoms with Crippen molar-refractivity contribution in [3.63, 3.8) is 0 Å². The van der Waals surface area contributed by atoms with E-state index in [2.05, 4.69) is 26.1 Å². The lowest BCUT2D eigenvalue weighted by atomic mass is 9.72. The molecule has 0 bridgehead atoms. The van der Waals surface area contributed by atoms with Crippen LogP contribution in [0.3, 0.4) is 0 Å². The number of hydrogen-bond acceptors (Lipinski definition) is 4. The zero-order chi connectivity index (χ0) is 22.6. The average Bonchev–Trinajstić information content (AvgIpc) is 2.76. The summed E-state index contributed by atoms with van der Waals surface area (Å²) in [6, 6.07) is 11.6. The smallest absolute Gasteiger partial charge is 0.310 e. The number of methoxy groups -OCH3 is 1. The molecule has 1 N–H and O–H groups in total. The second-order valence-corrected chi connectivity index (χ2v) is 9.82. The summed E-state index contributed by atoms with van der Waals surface area (Å²) >= 11 is 0. The fraction of sp³-hybridized carbons (Fsp3) is 0.538. The quantitative estimate of drug-likeness (QED) is 0.633. The normalized spacial score (nSPS) is 20.2. The molecule has 0 spiro atoms. The number of rotatable bonds is 6. The van der Waals surface area contributed by atoms with Crippen molar-refractivity contribution in [2.75, 3.05) is 13.7 Å². The van der Waals surface area contributed by atoms with Crippen molar-refractivity contribution in [1.82, 2.24) is 5.32 Å². The molecule has 2 aromatic carbocycles. The molecular weight excluding hydrogens is 390 g/mol. The number of fused-ring (bicyclic) bond motifs is 1.